The highest BCUT2D eigenvalue weighted by Gasteiger charge is 2.16. The van der Waals surface area contributed by atoms with Crippen LogP contribution in [0.15, 0.2) is 51.7 Å². The number of carbonyl (C=O) groups is 1. The van der Waals surface area contributed by atoms with Gasteiger partial charge in [0.15, 0.2) is 0 Å². The fourth-order valence-corrected chi connectivity index (χ4v) is 2.90. The number of nitro groups is 1. The van der Waals surface area contributed by atoms with E-state index in [9.17, 15) is 19.7 Å². The van der Waals surface area contributed by atoms with Gasteiger partial charge >= 0.3 is 11.6 Å². The first-order chi connectivity index (χ1) is 12.9. The van der Waals surface area contributed by atoms with E-state index in [2.05, 4.69) is 0 Å². The minimum atomic E-state index is -0.653. The number of esters is 1. The lowest BCUT2D eigenvalue weighted by molar-refractivity contribution is -0.385. The molecule has 0 saturated heterocycles. The van der Waals surface area contributed by atoms with E-state index in [1.54, 1.807) is 19.1 Å². The molecule has 0 fully saturated rings. The van der Waals surface area contributed by atoms with Crippen molar-refractivity contribution in [3.8, 4) is 5.75 Å². The Bertz CT molecular complexity index is 1100. The number of rotatable bonds is 5. The Labute approximate surface area is 154 Å². The van der Waals surface area contributed by atoms with Crippen molar-refractivity contribution in [2.45, 2.75) is 26.7 Å². The Kier molecular flexibility index (Phi) is 5.03. The Balaban J connectivity index is 1.90. The summed E-state index contributed by atoms with van der Waals surface area (Å²) < 4.78 is 10.5. The van der Waals surface area contributed by atoms with Crippen LogP contribution in [-0.4, -0.2) is 10.9 Å². The molecular weight excluding hydrogens is 350 g/mol. The normalized spacial score (nSPS) is 10.7. The molecule has 138 valence electrons. The largest absolute Gasteiger partial charge is 0.423 e. The number of nitro benzene ring substituents is 1. The molecule has 0 atom stereocenters. The zero-order chi connectivity index (χ0) is 19.6. The first-order valence-corrected chi connectivity index (χ1v) is 8.43. The molecule has 27 heavy (non-hydrogen) atoms. The van der Waals surface area contributed by atoms with Gasteiger partial charge < -0.3 is 9.15 Å². The van der Waals surface area contributed by atoms with Crippen LogP contribution in [-0.2, 0) is 6.42 Å². The van der Waals surface area contributed by atoms with Gasteiger partial charge in [0.25, 0.3) is 5.69 Å². The maximum atomic E-state index is 12.3. The number of fused-ring (bicyclic) bond motifs is 1. The zero-order valence-electron chi connectivity index (χ0n) is 14.9. The minimum Gasteiger partial charge on any atom is -0.423 e. The second-order valence-electron chi connectivity index (χ2n) is 6.15. The molecule has 7 nitrogen and oxygen atoms in total. The molecule has 1 aromatic heterocycles. The van der Waals surface area contributed by atoms with Gasteiger partial charge in [-0.15, -0.1) is 0 Å². The molecular formula is C20H17NO6. The van der Waals surface area contributed by atoms with Crippen LogP contribution in [0.4, 0.5) is 5.69 Å². The summed E-state index contributed by atoms with van der Waals surface area (Å²) in [7, 11) is 0. The monoisotopic (exact) mass is 367 g/mol. The van der Waals surface area contributed by atoms with Crippen molar-refractivity contribution in [1.29, 1.82) is 0 Å². The molecule has 0 N–H and O–H groups in total. The molecule has 0 radical (unpaired) electrons. The van der Waals surface area contributed by atoms with Crippen LogP contribution in [0.25, 0.3) is 11.0 Å². The first-order valence-electron chi connectivity index (χ1n) is 8.43. The van der Waals surface area contributed by atoms with Crippen LogP contribution in [0.2, 0.25) is 0 Å². The molecule has 2 aromatic carbocycles. The molecule has 3 rings (SSSR count). The Morgan fingerprint density at radius 1 is 1.19 bits per heavy atom. The van der Waals surface area contributed by atoms with Crippen LogP contribution in [0.1, 0.15) is 34.8 Å². The van der Waals surface area contributed by atoms with Gasteiger partial charge in [-0.1, -0.05) is 13.3 Å². The molecule has 3 aromatic rings. The molecule has 0 aliphatic heterocycles. The lowest BCUT2D eigenvalue weighted by atomic mass is 10.1. The van der Waals surface area contributed by atoms with Gasteiger partial charge in [-0.3, -0.25) is 10.1 Å². The van der Waals surface area contributed by atoms with Gasteiger partial charge in [-0.2, -0.15) is 0 Å². The van der Waals surface area contributed by atoms with Crippen molar-refractivity contribution >= 4 is 22.6 Å². The third kappa shape index (κ3) is 3.87. The Hall–Kier alpha value is -3.48. The lowest BCUT2D eigenvalue weighted by Crippen LogP contribution is -2.09. The molecule has 0 amide bonds. The number of hydrogen-bond donors (Lipinski definition) is 0. The van der Waals surface area contributed by atoms with E-state index >= 15 is 0 Å². The molecule has 0 bridgehead atoms. The predicted molar refractivity (Wildman–Crippen MR) is 99.3 cm³/mol. The number of aryl methyl sites for hydroxylation is 2. The molecule has 0 saturated carbocycles. The van der Waals surface area contributed by atoms with Crippen molar-refractivity contribution in [2.75, 3.05) is 0 Å². The smallest absolute Gasteiger partial charge is 0.343 e. The van der Waals surface area contributed by atoms with E-state index in [-0.39, 0.29) is 17.0 Å². The second-order valence-corrected chi connectivity index (χ2v) is 6.15. The summed E-state index contributed by atoms with van der Waals surface area (Å²) in [5.41, 5.74) is 1.26. The van der Waals surface area contributed by atoms with Crippen LogP contribution in [0, 0.1) is 17.0 Å². The summed E-state index contributed by atoms with van der Waals surface area (Å²) in [5, 5.41) is 11.7. The average Bonchev–Trinajstić information content (AvgIpc) is 2.61. The van der Waals surface area contributed by atoms with Crippen molar-refractivity contribution in [2.24, 2.45) is 0 Å². The highest BCUT2D eigenvalue weighted by Crippen LogP contribution is 2.25. The van der Waals surface area contributed by atoms with Crippen LogP contribution in [0.5, 0.6) is 5.75 Å². The quantitative estimate of drug-likeness (QED) is 0.220. The highest BCUT2D eigenvalue weighted by molar-refractivity contribution is 5.92. The van der Waals surface area contributed by atoms with E-state index in [4.69, 9.17) is 9.15 Å². The van der Waals surface area contributed by atoms with Gasteiger partial charge in [0.05, 0.1) is 10.5 Å². The van der Waals surface area contributed by atoms with Gasteiger partial charge in [0, 0.05) is 29.1 Å². The Morgan fingerprint density at radius 3 is 2.63 bits per heavy atom. The van der Waals surface area contributed by atoms with E-state index < -0.39 is 16.5 Å². The maximum absolute atomic E-state index is 12.3. The van der Waals surface area contributed by atoms with Gasteiger partial charge in [-0.25, -0.2) is 9.59 Å². The summed E-state index contributed by atoms with van der Waals surface area (Å²) in [5.74, 6) is -0.431. The summed E-state index contributed by atoms with van der Waals surface area (Å²) in [6.45, 7) is 3.57. The summed E-state index contributed by atoms with van der Waals surface area (Å²) in [6, 6.07) is 10.3. The number of hydrogen-bond acceptors (Lipinski definition) is 6. The molecule has 1 heterocycles. The van der Waals surface area contributed by atoms with Crippen LogP contribution >= 0.6 is 0 Å². The van der Waals surface area contributed by atoms with Crippen LogP contribution < -0.4 is 10.4 Å². The second kappa shape index (κ2) is 7.41. The third-order valence-corrected chi connectivity index (χ3v) is 4.16. The number of ether oxygens (including phenoxy) is 1. The molecule has 0 aliphatic carbocycles. The summed E-state index contributed by atoms with van der Waals surface area (Å²) in [4.78, 5) is 34.4. The zero-order valence-corrected chi connectivity index (χ0v) is 14.9. The SMILES string of the molecule is CCCc1cc(=O)oc2cc(OC(=O)c3ccc([N+](=O)[O-])c(C)c3)ccc12. The summed E-state index contributed by atoms with van der Waals surface area (Å²) >= 11 is 0. The third-order valence-electron chi connectivity index (χ3n) is 4.16. The fraction of sp³-hybridized carbons (Fsp3) is 0.200. The minimum absolute atomic E-state index is 0.0671. The molecule has 0 aliphatic rings. The fourth-order valence-electron chi connectivity index (χ4n) is 2.90. The van der Waals surface area contributed by atoms with E-state index in [0.717, 1.165) is 23.8 Å². The van der Waals surface area contributed by atoms with Crippen molar-refractivity contribution < 1.29 is 18.9 Å². The van der Waals surface area contributed by atoms with Gasteiger partial charge in [-0.05, 0) is 43.2 Å². The lowest BCUT2D eigenvalue weighted by Gasteiger charge is -2.08. The van der Waals surface area contributed by atoms with Crippen molar-refractivity contribution in [3.05, 3.63) is 79.7 Å². The molecule has 0 unspecified atom stereocenters. The number of carbonyl (C=O) groups excluding carboxylic acids is 1. The van der Waals surface area contributed by atoms with E-state index in [0.29, 0.717) is 11.1 Å². The van der Waals surface area contributed by atoms with E-state index in [1.165, 1.54) is 30.3 Å². The average molecular weight is 367 g/mol. The summed E-state index contributed by atoms with van der Waals surface area (Å²) in [6.07, 6.45) is 1.62. The standard InChI is InChI=1S/C20H17NO6/c1-3-4-13-10-19(22)27-18-11-15(6-7-16(13)18)26-20(23)14-5-8-17(21(24)25)12(2)9-14/h5-11H,3-4H2,1-2H3. The number of benzene rings is 2. The van der Waals surface area contributed by atoms with Gasteiger partial charge in [0.1, 0.15) is 11.3 Å². The topological polar surface area (TPSA) is 99.7 Å². The highest BCUT2D eigenvalue weighted by atomic mass is 16.6. The van der Waals surface area contributed by atoms with Crippen molar-refractivity contribution in [3.63, 3.8) is 0 Å². The Morgan fingerprint density at radius 2 is 1.96 bits per heavy atom. The van der Waals surface area contributed by atoms with Gasteiger partial charge in [0.2, 0.25) is 0 Å². The number of nitrogens with zero attached hydrogens (tertiary/aromatic N) is 1. The first kappa shape index (κ1) is 18.3. The van der Waals surface area contributed by atoms with Crippen molar-refractivity contribution in [1.82, 2.24) is 0 Å². The molecule has 7 heteroatoms. The maximum Gasteiger partial charge on any atom is 0.343 e. The van der Waals surface area contributed by atoms with Crippen LogP contribution in [0.3, 0.4) is 0 Å². The predicted octanol–water partition coefficient (Wildman–Crippen LogP) is 4.18. The van der Waals surface area contributed by atoms with E-state index in [1.807, 2.05) is 6.92 Å². The molecule has 0 spiro atoms.